The van der Waals surface area contributed by atoms with Crippen LogP contribution in [0.1, 0.15) is 66.3 Å². The van der Waals surface area contributed by atoms with E-state index in [4.69, 9.17) is 11.6 Å². The van der Waals surface area contributed by atoms with Crippen LogP contribution in [0, 0.1) is 5.82 Å². The highest BCUT2D eigenvalue weighted by Gasteiger charge is 2.32. The molecule has 3 heterocycles. The molecule has 1 saturated heterocycles. The Morgan fingerprint density at radius 3 is 2.54 bits per heavy atom. The average molecular weight is 588 g/mol. The van der Waals surface area contributed by atoms with E-state index >= 15 is 4.39 Å². The van der Waals surface area contributed by atoms with Gasteiger partial charge in [0.15, 0.2) is 5.78 Å². The number of Topliss-reactive ketones (excluding diaryl/α,β-unsaturated/α-hetero) is 1. The number of ketones is 1. The highest BCUT2D eigenvalue weighted by atomic mass is 35.5. The van der Waals surface area contributed by atoms with Crippen LogP contribution < -0.4 is 9.64 Å². The predicted octanol–water partition coefficient (Wildman–Crippen LogP) is 8.18. The number of carbonyl (C=O) groups is 1. The number of fused-ring (bicyclic) bond motifs is 1. The van der Waals surface area contributed by atoms with Gasteiger partial charge in [0.1, 0.15) is 22.9 Å². The highest BCUT2D eigenvalue weighted by Crippen LogP contribution is 2.36. The first-order chi connectivity index (χ1) is 19.5. The summed E-state index contributed by atoms with van der Waals surface area (Å²) in [6, 6.07) is 14.6. The molecule has 0 N–H and O–H groups in total. The number of rotatable bonds is 8. The third-order valence-electron chi connectivity index (χ3n) is 7.68. The molecule has 0 spiro atoms. The van der Waals surface area contributed by atoms with Crippen LogP contribution >= 0.6 is 11.6 Å². The molecule has 216 valence electrons. The minimum Gasteiger partial charge on any atom is -0.406 e. The number of piperidine rings is 1. The van der Waals surface area contributed by atoms with Gasteiger partial charge in [0.25, 0.3) is 0 Å². The summed E-state index contributed by atoms with van der Waals surface area (Å²) in [5, 5.41) is 0.512. The number of aromatic nitrogens is 2. The molecule has 0 saturated carbocycles. The van der Waals surface area contributed by atoms with Crippen molar-refractivity contribution in [1.29, 1.82) is 0 Å². The maximum atomic E-state index is 15.3. The van der Waals surface area contributed by atoms with Crippen LogP contribution in [0.15, 0.2) is 60.8 Å². The van der Waals surface area contributed by atoms with E-state index in [1.165, 1.54) is 18.2 Å². The second-order valence-electron chi connectivity index (χ2n) is 10.4. The molecule has 5 rings (SSSR count). The van der Waals surface area contributed by atoms with Crippen molar-refractivity contribution in [2.75, 3.05) is 11.4 Å². The number of ether oxygens (including phenoxy) is 1. The quantitative estimate of drug-likeness (QED) is 0.154. The van der Waals surface area contributed by atoms with Gasteiger partial charge in [-0.15, -0.1) is 13.2 Å². The summed E-state index contributed by atoms with van der Waals surface area (Å²) in [5.41, 5.74) is 4.08. The first-order valence-corrected chi connectivity index (χ1v) is 14.0. The van der Waals surface area contributed by atoms with E-state index < -0.39 is 6.36 Å². The second-order valence-corrected chi connectivity index (χ2v) is 10.9. The molecule has 41 heavy (non-hydrogen) atoms. The Bertz CT molecular complexity index is 1550. The van der Waals surface area contributed by atoms with Crippen molar-refractivity contribution in [3.8, 4) is 5.75 Å². The normalized spacial score (nSPS) is 17.7. The molecular weight excluding hydrogens is 558 g/mol. The highest BCUT2D eigenvalue weighted by molar-refractivity contribution is 6.30. The Labute approximate surface area is 240 Å². The molecule has 1 fully saturated rings. The van der Waals surface area contributed by atoms with Crippen LogP contribution in [0.5, 0.6) is 5.75 Å². The number of imidazole rings is 1. The molecule has 2 aromatic heterocycles. The smallest absolute Gasteiger partial charge is 0.406 e. The fourth-order valence-corrected chi connectivity index (χ4v) is 5.88. The van der Waals surface area contributed by atoms with Crippen molar-refractivity contribution < 1.29 is 27.1 Å². The number of halogens is 5. The first-order valence-electron chi connectivity index (χ1n) is 13.6. The van der Waals surface area contributed by atoms with Crippen LogP contribution in [0.25, 0.3) is 5.65 Å². The van der Waals surface area contributed by atoms with Crippen LogP contribution in [-0.4, -0.2) is 34.1 Å². The van der Waals surface area contributed by atoms with Crippen LogP contribution in [0.2, 0.25) is 5.02 Å². The maximum absolute atomic E-state index is 15.3. The minimum absolute atomic E-state index is 0.0137. The summed E-state index contributed by atoms with van der Waals surface area (Å²) in [6.45, 7) is 4.62. The van der Waals surface area contributed by atoms with Gasteiger partial charge in [0, 0.05) is 30.9 Å². The zero-order chi connectivity index (χ0) is 29.3. The van der Waals surface area contributed by atoms with Gasteiger partial charge < -0.3 is 9.64 Å². The summed E-state index contributed by atoms with van der Waals surface area (Å²) in [6.07, 6.45) is -0.412. The largest absolute Gasteiger partial charge is 0.573 e. The number of carbonyl (C=O) groups excluding carboxylic acids is 1. The van der Waals surface area contributed by atoms with Crippen molar-refractivity contribution in [3.63, 3.8) is 0 Å². The molecule has 10 heteroatoms. The van der Waals surface area contributed by atoms with Gasteiger partial charge in [0.05, 0.1) is 10.7 Å². The van der Waals surface area contributed by atoms with E-state index in [1.807, 2.05) is 26.0 Å². The molecule has 2 atom stereocenters. The average Bonchev–Trinajstić information content (AvgIpc) is 3.29. The van der Waals surface area contributed by atoms with Gasteiger partial charge in [0.2, 0.25) is 0 Å². The number of aryl methyl sites for hydroxylation is 2. The van der Waals surface area contributed by atoms with E-state index in [2.05, 4.69) is 14.6 Å². The van der Waals surface area contributed by atoms with Crippen LogP contribution in [0.4, 0.5) is 23.2 Å². The fraction of sp³-hybridized carbons (Fsp3) is 0.355. The van der Waals surface area contributed by atoms with Gasteiger partial charge in [-0.3, -0.25) is 9.20 Å². The predicted molar refractivity (Wildman–Crippen MR) is 151 cm³/mol. The molecule has 1 unspecified atom stereocenters. The van der Waals surface area contributed by atoms with Crippen molar-refractivity contribution >= 4 is 28.7 Å². The molecule has 1 aliphatic heterocycles. The van der Waals surface area contributed by atoms with E-state index in [9.17, 15) is 18.0 Å². The lowest BCUT2D eigenvalue weighted by Gasteiger charge is -2.39. The fourth-order valence-electron chi connectivity index (χ4n) is 5.72. The van der Waals surface area contributed by atoms with E-state index in [0.29, 0.717) is 59.8 Å². The van der Waals surface area contributed by atoms with Crippen LogP contribution in [0.3, 0.4) is 0 Å². The molecule has 0 aliphatic carbocycles. The number of hydrogen-bond donors (Lipinski definition) is 0. The van der Waals surface area contributed by atoms with Gasteiger partial charge >= 0.3 is 6.36 Å². The zero-order valence-corrected chi connectivity index (χ0v) is 23.5. The molecule has 4 aromatic rings. The molecule has 5 nitrogen and oxygen atoms in total. The molecule has 0 radical (unpaired) electrons. The SMILES string of the molecule is CCc1nc2ccc(Cl)cn2c1C(=O)CCc1ccc(C2CCN(c3ccc(OC(F)(F)F)cc3)[C@@H](C)C2)c(F)c1. The summed E-state index contributed by atoms with van der Waals surface area (Å²) < 4.78 is 58.4. The number of anilines is 1. The summed E-state index contributed by atoms with van der Waals surface area (Å²) in [7, 11) is 0. The lowest BCUT2D eigenvalue weighted by molar-refractivity contribution is -0.274. The van der Waals surface area contributed by atoms with E-state index in [-0.39, 0.29) is 35.7 Å². The van der Waals surface area contributed by atoms with E-state index in [1.54, 1.807) is 34.9 Å². The van der Waals surface area contributed by atoms with Crippen molar-refractivity contribution in [3.05, 3.63) is 94.1 Å². The van der Waals surface area contributed by atoms with Crippen molar-refractivity contribution in [1.82, 2.24) is 9.38 Å². The summed E-state index contributed by atoms with van der Waals surface area (Å²) >= 11 is 6.15. The number of pyridine rings is 1. The Hall–Kier alpha value is -3.59. The Morgan fingerprint density at radius 2 is 1.88 bits per heavy atom. The second kappa shape index (κ2) is 11.7. The topological polar surface area (TPSA) is 46.8 Å². The van der Waals surface area contributed by atoms with Gasteiger partial charge in [-0.25, -0.2) is 9.37 Å². The number of nitrogens with zero attached hydrogens (tertiary/aromatic N) is 3. The monoisotopic (exact) mass is 587 g/mol. The Balaban J connectivity index is 1.22. The van der Waals surface area contributed by atoms with Gasteiger partial charge in [-0.2, -0.15) is 0 Å². The molecule has 0 bridgehead atoms. The van der Waals surface area contributed by atoms with Crippen molar-refractivity contribution in [2.24, 2.45) is 0 Å². The van der Waals surface area contributed by atoms with E-state index in [0.717, 1.165) is 11.3 Å². The Morgan fingerprint density at radius 1 is 1.12 bits per heavy atom. The van der Waals surface area contributed by atoms with Crippen LogP contribution in [-0.2, 0) is 12.8 Å². The summed E-state index contributed by atoms with van der Waals surface area (Å²) in [4.78, 5) is 19.8. The van der Waals surface area contributed by atoms with Gasteiger partial charge in [-0.05, 0) is 92.1 Å². The van der Waals surface area contributed by atoms with Crippen molar-refractivity contribution in [2.45, 2.75) is 64.3 Å². The Kier molecular flexibility index (Phi) is 8.27. The standard InChI is InChI=1S/C31H30ClF4N3O2/c1-3-27-30(39-18-22(32)6-13-29(39)37-27)28(40)12-5-20-4-11-25(26(33)17-20)21-14-15-38(19(2)16-21)23-7-9-24(10-8-23)41-31(34,35)36/h4,6-11,13,17-19,21H,3,5,12,14-16H2,1-2H3/t19-,21?/m0/s1. The van der Waals surface area contributed by atoms with Gasteiger partial charge in [-0.1, -0.05) is 30.7 Å². The molecule has 0 amide bonds. The third-order valence-corrected chi connectivity index (χ3v) is 7.90. The lowest BCUT2D eigenvalue weighted by atomic mass is 9.84. The molecular formula is C31H30ClF4N3O2. The number of alkyl halides is 3. The number of benzene rings is 2. The molecule has 1 aliphatic rings. The zero-order valence-electron chi connectivity index (χ0n) is 22.7. The maximum Gasteiger partial charge on any atom is 0.573 e. The third kappa shape index (κ3) is 6.50. The summed E-state index contributed by atoms with van der Waals surface area (Å²) in [5.74, 6) is -0.605. The minimum atomic E-state index is -4.73. The number of hydrogen-bond acceptors (Lipinski definition) is 4. The lowest BCUT2D eigenvalue weighted by Crippen LogP contribution is -2.40. The first kappa shape index (κ1) is 28.9. The molecule has 2 aromatic carbocycles.